The van der Waals surface area contributed by atoms with Gasteiger partial charge in [-0.2, -0.15) is 0 Å². The maximum Gasteiger partial charge on any atom is 0.309 e. The molecule has 32 heavy (non-hydrogen) atoms. The number of carbonyl (C=O) groups is 2. The number of hydrogen-bond donors (Lipinski definition) is 0. The highest BCUT2D eigenvalue weighted by atomic mass is 16.5. The first-order valence-electron chi connectivity index (χ1n) is 12.1. The molecule has 1 amide bonds. The number of aryl methyl sites for hydroxylation is 1. The van der Waals surface area contributed by atoms with E-state index in [1.165, 1.54) is 6.42 Å². The SMILES string of the molecule is CCOC(=O)C1CC1c1nc2cc(C(=O)N3CC4(C)CC3CC(C)(C)C4)ccc2n1CC. The van der Waals surface area contributed by atoms with Crippen LogP contribution in [0.5, 0.6) is 0 Å². The Labute approximate surface area is 190 Å². The lowest BCUT2D eigenvalue weighted by Gasteiger charge is -2.39. The van der Waals surface area contributed by atoms with Gasteiger partial charge in [-0.3, -0.25) is 9.59 Å². The molecule has 2 bridgehead atoms. The molecule has 0 radical (unpaired) electrons. The number of rotatable bonds is 5. The number of esters is 1. The summed E-state index contributed by atoms with van der Waals surface area (Å²) in [5.74, 6) is 0.963. The van der Waals surface area contributed by atoms with Crippen molar-refractivity contribution in [3.8, 4) is 0 Å². The van der Waals surface area contributed by atoms with E-state index in [1.807, 2.05) is 25.1 Å². The highest BCUT2D eigenvalue weighted by Gasteiger charge is 2.51. The molecule has 2 aromatic rings. The normalized spacial score (nSPS) is 30.5. The maximum absolute atomic E-state index is 13.5. The summed E-state index contributed by atoms with van der Waals surface area (Å²) in [4.78, 5) is 32.7. The van der Waals surface area contributed by atoms with Crippen LogP contribution in [-0.4, -0.2) is 45.5 Å². The van der Waals surface area contributed by atoms with Crippen molar-refractivity contribution in [1.29, 1.82) is 0 Å². The molecule has 0 spiro atoms. The summed E-state index contributed by atoms with van der Waals surface area (Å²) in [7, 11) is 0. The first-order chi connectivity index (χ1) is 15.1. The van der Waals surface area contributed by atoms with Gasteiger partial charge in [0.05, 0.1) is 23.6 Å². The molecular formula is C26H35N3O3. The van der Waals surface area contributed by atoms with Gasteiger partial charge in [-0.1, -0.05) is 20.8 Å². The molecule has 1 aromatic carbocycles. The molecule has 4 unspecified atom stereocenters. The van der Waals surface area contributed by atoms with Crippen molar-refractivity contribution < 1.29 is 14.3 Å². The van der Waals surface area contributed by atoms with Crippen molar-refractivity contribution >= 4 is 22.9 Å². The fraction of sp³-hybridized carbons (Fsp3) is 0.654. The number of fused-ring (bicyclic) bond motifs is 3. The van der Waals surface area contributed by atoms with Gasteiger partial charge >= 0.3 is 5.97 Å². The number of hydrogen-bond acceptors (Lipinski definition) is 4. The maximum atomic E-state index is 13.5. The van der Waals surface area contributed by atoms with Crippen LogP contribution in [0, 0.1) is 16.7 Å². The lowest BCUT2D eigenvalue weighted by molar-refractivity contribution is -0.144. The number of ether oxygens (including phenoxy) is 1. The summed E-state index contributed by atoms with van der Waals surface area (Å²) in [5, 5.41) is 0. The third-order valence-corrected chi connectivity index (χ3v) is 7.73. The summed E-state index contributed by atoms with van der Waals surface area (Å²) in [6.45, 7) is 13.0. The Morgan fingerprint density at radius 1 is 1.19 bits per heavy atom. The second kappa shape index (κ2) is 7.32. The molecule has 2 saturated carbocycles. The Morgan fingerprint density at radius 2 is 1.97 bits per heavy atom. The minimum Gasteiger partial charge on any atom is -0.466 e. The number of nitrogens with zero attached hydrogens (tertiary/aromatic N) is 3. The molecule has 6 heteroatoms. The van der Waals surface area contributed by atoms with E-state index in [9.17, 15) is 9.59 Å². The van der Waals surface area contributed by atoms with Crippen LogP contribution < -0.4 is 0 Å². The topological polar surface area (TPSA) is 64.4 Å². The molecule has 5 rings (SSSR count). The van der Waals surface area contributed by atoms with Crippen LogP contribution in [0.2, 0.25) is 0 Å². The van der Waals surface area contributed by atoms with Gasteiger partial charge < -0.3 is 14.2 Å². The Kier molecular flexibility index (Phi) is 4.91. The van der Waals surface area contributed by atoms with E-state index >= 15 is 0 Å². The molecule has 3 aliphatic rings. The van der Waals surface area contributed by atoms with Crippen molar-refractivity contribution in [2.45, 2.75) is 78.8 Å². The fourth-order valence-electron chi connectivity index (χ4n) is 6.75. The molecule has 1 aromatic heterocycles. The highest BCUT2D eigenvalue weighted by Crippen LogP contribution is 2.53. The number of likely N-dealkylation sites (tertiary alicyclic amines) is 1. The average Bonchev–Trinajstić information content (AvgIpc) is 3.37. The number of benzene rings is 1. The fourth-order valence-corrected chi connectivity index (χ4v) is 6.75. The third kappa shape index (κ3) is 3.52. The van der Waals surface area contributed by atoms with E-state index < -0.39 is 0 Å². The van der Waals surface area contributed by atoms with Crippen LogP contribution >= 0.6 is 0 Å². The van der Waals surface area contributed by atoms with Crippen LogP contribution in [0.1, 0.15) is 82.4 Å². The monoisotopic (exact) mass is 437 g/mol. The lowest BCUT2D eigenvalue weighted by Crippen LogP contribution is -2.37. The molecule has 2 heterocycles. The quantitative estimate of drug-likeness (QED) is 0.633. The standard InChI is InChI=1S/C26H35N3O3/c1-6-28-21-9-8-16(10-20(21)27-22(28)18-11-19(18)24(31)32-7-2)23(30)29-15-26(5)13-17(29)12-25(3,4)14-26/h8-10,17-19H,6-7,11-15H2,1-5H3. The lowest BCUT2D eigenvalue weighted by atomic mass is 9.65. The number of carbonyl (C=O) groups excluding carboxylic acids is 2. The van der Waals surface area contributed by atoms with Crippen molar-refractivity contribution in [1.82, 2.24) is 14.5 Å². The minimum atomic E-state index is -0.125. The summed E-state index contributed by atoms with van der Waals surface area (Å²) in [6, 6.07) is 6.25. The van der Waals surface area contributed by atoms with Gasteiger partial charge in [-0.15, -0.1) is 0 Å². The van der Waals surface area contributed by atoms with Gasteiger partial charge in [-0.25, -0.2) is 4.98 Å². The van der Waals surface area contributed by atoms with Crippen LogP contribution in [0.3, 0.4) is 0 Å². The second-order valence-corrected chi connectivity index (χ2v) is 11.3. The van der Waals surface area contributed by atoms with Gasteiger partial charge in [0.25, 0.3) is 5.91 Å². The molecule has 1 saturated heterocycles. The molecule has 3 fully saturated rings. The molecule has 2 aliphatic carbocycles. The number of amides is 1. The van der Waals surface area contributed by atoms with Gasteiger partial charge in [-0.05, 0) is 68.6 Å². The Hall–Kier alpha value is -2.37. The number of imidazole rings is 1. The number of aromatic nitrogens is 2. The van der Waals surface area contributed by atoms with E-state index in [0.717, 1.165) is 54.8 Å². The molecule has 6 nitrogen and oxygen atoms in total. The van der Waals surface area contributed by atoms with E-state index in [-0.39, 0.29) is 34.5 Å². The van der Waals surface area contributed by atoms with Gasteiger partial charge in [0.15, 0.2) is 0 Å². The predicted octanol–water partition coefficient (Wildman–Crippen LogP) is 4.76. The van der Waals surface area contributed by atoms with Crippen LogP contribution in [0.4, 0.5) is 0 Å². The largest absolute Gasteiger partial charge is 0.466 e. The van der Waals surface area contributed by atoms with Crippen LogP contribution in [0.15, 0.2) is 18.2 Å². The van der Waals surface area contributed by atoms with Crippen LogP contribution in [-0.2, 0) is 16.1 Å². The van der Waals surface area contributed by atoms with Gasteiger partial charge in [0, 0.05) is 30.6 Å². The summed E-state index contributed by atoms with van der Waals surface area (Å²) < 4.78 is 7.38. The van der Waals surface area contributed by atoms with E-state index in [4.69, 9.17) is 9.72 Å². The molecule has 4 atom stereocenters. The van der Waals surface area contributed by atoms with Gasteiger partial charge in [0.1, 0.15) is 5.82 Å². The Balaban J connectivity index is 1.42. The molecule has 1 aliphatic heterocycles. The van der Waals surface area contributed by atoms with Crippen molar-refractivity contribution in [3.63, 3.8) is 0 Å². The summed E-state index contributed by atoms with van der Waals surface area (Å²) in [6.07, 6.45) is 4.14. The molecular weight excluding hydrogens is 402 g/mol. The van der Waals surface area contributed by atoms with E-state index in [2.05, 4.69) is 37.2 Å². The van der Waals surface area contributed by atoms with Crippen molar-refractivity contribution in [2.24, 2.45) is 16.7 Å². The smallest absolute Gasteiger partial charge is 0.309 e. The molecule has 0 N–H and O–H groups in total. The van der Waals surface area contributed by atoms with Crippen molar-refractivity contribution in [3.05, 3.63) is 29.6 Å². The Bertz CT molecular complexity index is 1090. The second-order valence-electron chi connectivity index (χ2n) is 11.3. The van der Waals surface area contributed by atoms with Gasteiger partial charge in [0.2, 0.25) is 0 Å². The predicted molar refractivity (Wildman–Crippen MR) is 123 cm³/mol. The first kappa shape index (κ1) is 21.5. The summed E-state index contributed by atoms with van der Waals surface area (Å²) >= 11 is 0. The molecule has 172 valence electrons. The van der Waals surface area contributed by atoms with E-state index in [1.54, 1.807) is 0 Å². The zero-order chi connectivity index (χ0) is 22.8. The van der Waals surface area contributed by atoms with E-state index in [0.29, 0.717) is 12.6 Å². The zero-order valence-electron chi connectivity index (χ0n) is 20.0. The average molecular weight is 438 g/mol. The highest BCUT2D eigenvalue weighted by molar-refractivity contribution is 5.98. The summed E-state index contributed by atoms with van der Waals surface area (Å²) in [5.41, 5.74) is 3.09. The minimum absolute atomic E-state index is 0.0915. The first-order valence-corrected chi connectivity index (χ1v) is 12.1. The Morgan fingerprint density at radius 3 is 2.69 bits per heavy atom. The third-order valence-electron chi connectivity index (χ3n) is 7.73. The zero-order valence-corrected chi connectivity index (χ0v) is 20.0. The van der Waals surface area contributed by atoms with Crippen LogP contribution in [0.25, 0.3) is 11.0 Å². The van der Waals surface area contributed by atoms with Crippen molar-refractivity contribution in [2.75, 3.05) is 13.2 Å².